The van der Waals surface area contributed by atoms with Gasteiger partial charge < -0.3 is 14.9 Å². The number of aliphatic hydroxyl groups is 1. The van der Waals surface area contributed by atoms with E-state index in [-0.39, 0.29) is 45.7 Å². The quantitative estimate of drug-likeness (QED) is 0.704. The Morgan fingerprint density at radius 3 is 1.87 bits per heavy atom. The molecule has 1 atom stereocenters. The highest BCUT2D eigenvalue weighted by atomic mass is 79.9. The molecule has 0 saturated heterocycles. The average Bonchev–Trinajstić information content (AvgIpc) is 2.03. The SMILES string of the molecule is Br.CC1(C)CC(C)(C)CC(C)(NC(=O)C[C@@H](O)C[N+](C)(C)C)C1. The Morgan fingerprint density at radius 2 is 1.48 bits per heavy atom. The van der Waals surface area contributed by atoms with E-state index in [0.29, 0.717) is 11.0 Å². The van der Waals surface area contributed by atoms with E-state index in [9.17, 15) is 9.90 Å². The lowest BCUT2D eigenvalue weighted by Crippen LogP contribution is -2.55. The topological polar surface area (TPSA) is 49.3 Å². The minimum atomic E-state index is -0.590. The maximum absolute atomic E-state index is 12.4. The van der Waals surface area contributed by atoms with Gasteiger partial charge in [0.2, 0.25) is 5.91 Å². The number of hydrogen-bond acceptors (Lipinski definition) is 2. The molecular weight excluding hydrogens is 356 g/mol. The normalized spacial score (nSPS) is 23.5. The van der Waals surface area contributed by atoms with Crippen molar-refractivity contribution in [3.05, 3.63) is 0 Å². The summed E-state index contributed by atoms with van der Waals surface area (Å²) in [5, 5.41) is 13.3. The van der Waals surface area contributed by atoms with Gasteiger partial charge in [-0.1, -0.05) is 27.7 Å². The van der Waals surface area contributed by atoms with Gasteiger partial charge in [0, 0.05) is 5.54 Å². The van der Waals surface area contributed by atoms with Crippen molar-refractivity contribution in [2.75, 3.05) is 27.7 Å². The zero-order valence-electron chi connectivity index (χ0n) is 16.3. The van der Waals surface area contributed by atoms with E-state index < -0.39 is 6.10 Å². The molecule has 0 heterocycles. The van der Waals surface area contributed by atoms with Crippen molar-refractivity contribution >= 4 is 22.9 Å². The first-order valence-electron chi connectivity index (χ1n) is 8.41. The first-order valence-corrected chi connectivity index (χ1v) is 8.41. The van der Waals surface area contributed by atoms with Crippen LogP contribution in [-0.2, 0) is 4.79 Å². The summed E-state index contributed by atoms with van der Waals surface area (Å²) in [7, 11) is 6.07. The minimum Gasteiger partial charge on any atom is -0.387 e. The van der Waals surface area contributed by atoms with Gasteiger partial charge >= 0.3 is 0 Å². The van der Waals surface area contributed by atoms with Gasteiger partial charge in [-0.25, -0.2) is 0 Å². The molecule has 1 aliphatic carbocycles. The fourth-order valence-corrected chi connectivity index (χ4v) is 4.98. The van der Waals surface area contributed by atoms with Crippen LogP contribution in [0.15, 0.2) is 0 Å². The standard InChI is InChI=1S/C18H36N2O2.BrH/c1-16(2)11-17(3,4)13-18(5,12-16)19-15(22)9-14(21)10-20(6,7)8;/h14,21H,9-13H2,1-8H3;1H/p+1/t14-;/m1./s1. The molecule has 1 aliphatic rings. The van der Waals surface area contributed by atoms with Crippen molar-refractivity contribution in [2.45, 2.75) is 71.9 Å². The zero-order valence-corrected chi connectivity index (χ0v) is 18.0. The van der Waals surface area contributed by atoms with Crippen LogP contribution in [0.5, 0.6) is 0 Å². The zero-order chi connectivity index (χ0) is 17.4. The molecule has 1 fully saturated rings. The van der Waals surface area contributed by atoms with E-state index >= 15 is 0 Å². The number of likely N-dealkylation sites (N-methyl/N-ethyl adjacent to an activating group) is 1. The van der Waals surface area contributed by atoms with Crippen molar-refractivity contribution in [3.63, 3.8) is 0 Å². The van der Waals surface area contributed by atoms with E-state index in [1.54, 1.807) is 0 Å². The first-order chi connectivity index (χ1) is 9.62. The number of carbonyl (C=O) groups is 1. The van der Waals surface area contributed by atoms with Crippen LogP contribution in [0.3, 0.4) is 0 Å². The lowest BCUT2D eigenvalue weighted by molar-refractivity contribution is -0.873. The molecule has 5 heteroatoms. The Morgan fingerprint density at radius 1 is 1.04 bits per heavy atom. The molecule has 0 aromatic carbocycles. The largest absolute Gasteiger partial charge is 0.387 e. The lowest BCUT2D eigenvalue weighted by atomic mass is 9.59. The number of nitrogens with zero attached hydrogens (tertiary/aromatic N) is 1. The van der Waals surface area contributed by atoms with Crippen molar-refractivity contribution in [1.82, 2.24) is 5.32 Å². The summed E-state index contributed by atoms with van der Waals surface area (Å²) in [4.78, 5) is 12.4. The van der Waals surface area contributed by atoms with Gasteiger partial charge in [-0.05, 0) is 37.0 Å². The van der Waals surface area contributed by atoms with E-state index in [2.05, 4.69) is 39.9 Å². The summed E-state index contributed by atoms with van der Waals surface area (Å²) in [5.41, 5.74) is 0.272. The molecule has 0 aliphatic heterocycles. The fourth-order valence-electron chi connectivity index (χ4n) is 4.98. The van der Waals surface area contributed by atoms with E-state index in [0.717, 1.165) is 12.8 Å². The van der Waals surface area contributed by atoms with E-state index in [1.165, 1.54) is 6.42 Å². The average molecular weight is 394 g/mol. The fraction of sp³-hybridized carbons (Fsp3) is 0.944. The molecule has 0 bridgehead atoms. The third-order valence-electron chi connectivity index (χ3n) is 4.32. The third-order valence-corrected chi connectivity index (χ3v) is 4.32. The summed E-state index contributed by atoms with van der Waals surface area (Å²) < 4.78 is 0.659. The molecule has 0 aromatic rings. The van der Waals surface area contributed by atoms with Gasteiger partial charge in [0.05, 0.1) is 27.6 Å². The maximum Gasteiger partial charge on any atom is 0.223 e. The van der Waals surface area contributed by atoms with Gasteiger partial charge in [0.25, 0.3) is 0 Å². The first kappa shape index (κ1) is 22.9. The van der Waals surface area contributed by atoms with Crippen LogP contribution in [0.1, 0.15) is 60.3 Å². The summed E-state index contributed by atoms with van der Waals surface area (Å²) in [6.07, 6.45) is 2.75. The highest BCUT2D eigenvalue weighted by molar-refractivity contribution is 8.93. The van der Waals surface area contributed by atoms with Crippen LogP contribution >= 0.6 is 17.0 Å². The van der Waals surface area contributed by atoms with Crippen molar-refractivity contribution < 1.29 is 14.4 Å². The second kappa shape index (κ2) is 7.40. The molecule has 1 rings (SSSR count). The van der Waals surface area contributed by atoms with Crippen LogP contribution in [0, 0.1) is 10.8 Å². The Bertz CT molecular complexity index is 398. The van der Waals surface area contributed by atoms with Gasteiger partial charge in [0.15, 0.2) is 0 Å². The summed E-state index contributed by atoms with van der Waals surface area (Å²) in [6.45, 7) is 11.9. The highest BCUT2D eigenvalue weighted by Crippen LogP contribution is 2.49. The Labute approximate surface area is 153 Å². The van der Waals surface area contributed by atoms with Crippen LogP contribution in [0.4, 0.5) is 0 Å². The number of carbonyl (C=O) groups excluding carboxylic acids is 1. The third kappa shape index (κ3) is 8.50. The van der Waals surface area contributed by atoms with Crippen molar-refractivity contribution in [1.29, 1.82) is 0 Å². The molecule has 0 unspecified atom stereocenters. The van der Waals surface area contributed by atoms with Crippen molar-refractivity contribution in [2.24, 2.45) is 10.8 Å². The molecule has 1 saturated carbocycles. The second-order valence-electron chi connectivity index (χ2n) is 10.3. The summed E-state index contributed by atoms with van der Waals surface area (Å²) in [5.74, 6) is -0.0306. The number of rotatable bonds is 5. The molecular formula is C18H38BrN2O2+. The lowest BCUT2D eigenvalue weighted by Gasteiger charge is -2.51. The predicted octanol–water partition coefficient (Wildman–Crippen LogP) is 3.13. The minimum absolute atomic E-state index is 0. The Balaban J connectivity index is 0.00000484. The number of hydrogen-bond donors (Lipinski definition) is 2. The Kier molecular flexibility index (Phi) is 7.36. The molecule has 23 heavy (non-hydrogen) atoms. The molecule has 2 N–H and O–H groups in total. The van der Waals surface area contributed by atoms with Crippen LogP contribution in [0.25, 0.3) is 0 Å². The number of amides is 1. The van der Waals surface area contributed by atoms with Crippen LogP contribution < -0.4 is 5.32 Å². The molecule has 0 aromatic heterocycles. The maximum atomic E-state index is 12.4. The molecule has 4 nitrogen and oxygen atoms in total. The van der Waals surface area contributed by atoms with Crippen LogP contribution in [-0.4, -0.2) is 54.8 Å². The smallest absolute Gasteiger partial charge is 0.223 e. The molecule has 0 spiro atoms. The van der Waals surface area contributed by atoms with Gasteiger partial charge in [-0.2, -0.15) is 0 Å². The van der Waals surface area contributed by atoms with Gasteiger partial charge in [-0.15, -0.1) is 17.0 Å². The Hall–Kier alpha value is -0.130. The number of aliphatic hydroxyl groups excluding tert-OH is 1. The molecule has 1 amide bonds. The van der Waals surface area contributed by atoms with Crippen LogP contribution in [0.2, 0.25) is 0 Å². The number of nitrogens with one attached hydrogen (secondary N) is 1. The molecule has 138 valence electrons. The van der Waals surface area contributed by atoms with Gasteiger partial charge in [0.1, 0.15) is 12.6 Å². The van der Waals surface area contributed by atoms with Gasteiger partial charge in [-0.3, -0.25) is 4.79 Å². The van der Waals surface area contributed by atoms with Crippen molar-refractivity contribution in [3.8, 4) is 0 Å². The second-order valence-corrected chi connectivity index (χ2v) is 10.3. The summed E-state index contributed by atoms with van der Waals surface area (Å²) >= 11 is 0. The monoisotopic (exact) mass is 393 g/mol. The highest BCUT2D eigenvalue weighted by Gasteiger charge is 2.45. The summed E-state index contributed by atoms with van der Waals surface area (Å²) in [6, 6.07) is 0. The van der Waals surface area contributed by atoms with E-state index in [4.69, 9.17) is 0 Å². The molecule has 0 radical (unpaired) electrons. The van der Waals surface area contributed by atoms with E-state index in [1.807, 2.05) is 21.1 Å². The predicted molar refractivity (Wildman–Crippen MR) is 102 cm³/mol. The number of quaternary nitrogens is 1. The number of halogens is 1.